The number of nitrogens with one attached hydrogen (secondary N) is 1. The van der Waals surface area contributed by atoms with Gasteiger partial charge in [-0.15, -0.1) is 0 Å². The van der Waals surface area contributed by atoms with Crippen molar-refractivity contribution in [2.75, 3.05) is 6.61 Å². The SMILES string of the molecule is C=S(=O)(NC(=O)OCC)c1ccc(Cn2nc(C)c([N+](=O)[O-])c2C)cc1. The number of nitro groups is 1. The molecule has 0 bridgehead atoms. The second-order valence-electron chi connectivity index (χ2n) is 5.58. The van der Waals surface area contributed by atoms with Crippen LogP contribution in [0.2, 0.25) is 0 Å². The van der Waals surface area contributed by atoms with Crippen molar-refractivity contribution < 1.29 is 18.7 Å². The van der Waals surface area contributed by atoms with Crippen LogP contribution in [0.4, 0.5) is 10.5 Å². The largest absolute Gasteiger partial charge is 0.449 e. The molecular weight excluding hydrogens is 360 g/mol. The Labute approximate surface area is 151 Å². The fraction of sp³-hybridized carbons (Fsp3) is 0.312. The lowest BCUT2D eigenvalue weighted by molar-refractivity contribution is -0.386. The van der Waals surface area contributed by atoms with Gasteiger partial charge in [-0.3, -0.25) is 14.8 Å². The summed E-state index contributed by atoms with van der Waals surface area (Å²) in [5.74, 6) is 3.55. The molecule has 0 radical (unpaired) electrons. The molecule has 26 heavy (non-hydrogen) atoms. The molecule has 2 rings (SSSR count). The molecule has 0 fully saturated rings. The van der Waals surface area contributed by atoms with Gasteiger partial charge in [0.25, 0.3) is 0 Å². The zero-order valence-electron chi connectivity index (χ0n) is 14.7. The Morgan fingerprint density at radius 1 is 1.38 bits per heavy atom. The normalized spacial score (nSPS) is 13.0. The summed E-state index contributed by atoms with van der Waals surface area (Å²) < 4.78 is 21.0. The fourth-order valence-electron chi connectivity index (χ4n) is 2.45. The molecule has 140 valence electrons. The monoisotopic (exact) mass is 380 g/mol. The Bertz CT molecular complexity index is 932. The second-order valence-corrected chi connectivity index (χ2v) is 7.60. The maximum atomic E-state index is 12.5. The van der Waals surface area contributed by atoms with Gasteiger partial charge in [0.05, 0.1) is 27.8 Å². The molecule has 1 unspecified atom stereocenters. The van der Waals surface area contributed by atoms with Crippen molar-refractivity contribution in [3.63, 3.8) is 0 Å². The number of aromatic nitrogens is 2. The maximum Gasteiger partial charge on any atom is 0.418 e. The molecule has 0 aliphatic rings. The Balaban J connectivity index is 2.19. The molecule has 0 spiro atoms. The van der Waals surface area contributed by atoms with E-state index in [-0.39, 0.29) is 12.3 Å². The number of hydrogen-bond acceptors (Lipinski definition) is 6. The third kappa shape index (κ3) is 4.20. The third-order valence-corrected chi connectivity index (χ3v) is 5.22. The molecule has 9 nitrogen and oxygen atoms in total. The molecule has 1 aromatic heterocycles. The van der Waals surface area contributed by atoms with Gasteiger partial charge < -0.3 is 4.74 Å². The summed E-state index contributed by atoms with van der Waals surface area (Å²) in [7, 11) is -3.03. The van der Waals surface area contributed by atoms with Gasteiger partial charge in [0.15, 0.2) is 0 Å². The minimum Gasteiger partial charge on any atom is -0.449 e. The zero-order chi connectivity index (χ0) is 19.5. The molecule has 0 aliphatic heterocycles. The van der Waals surface area contributed by atoms with E-state index in [4.69, 9.17) is 4.74 Å². The van der Waals surface area contributed by atoms with E-state index in [1.54, 1.807) is 49.7 Å². The van der Waals surface area contributed by atoms with Crippen molar-refractivity contribution >= 4 is 27.4 Å². The number of hydrogen-bond donors (Lipinski definition) is 1. The quantitative estimate of drug-likeness (QED) is 0.466. The van der Waals surface area contributed by atoms with E-state index < -0.39 is 20.7 Å². The first-order chi connectivity index (χ1) is 12.2. The van der Waals surface area contributed by atoms with E-state index in [1.165, 1.54) is 0 Å². The number of amides is 1. The summed E-state index contributed by atoms with van der Waals surface area (Å²) in [5.41, 5.74) is 1.62. The lowest BCUT2D eigenvalue weighted by Gasteiger charge is -2.12. The van der Waals surface area contributed by atoms with Crippen molar-refractivity contribution in [1.82, 2.24) is 14.5 Å². The average Bonchev–Trinajstić information content (AvgIpc) is 2.81. The van der Waals surface area contributed by atoms with Crippen LogP contribution in [0.25, 0.3) is 0 Å². The Hall–Kier alpha value is -2.88. The number of benzene rings is 1. The number of carbonyl (C=O) groups excluding carboxylic acids is 1. The molecule has 1 aromatic carbocycles. The van der Waals surface area contributed by atoms with E-state index in [1.807, 2.05) is 0 Å². The molecular formula is C16H20N4O5S. The number of ether oxygens (including phenoxy) is 1. The Morgan fingerprint density at radius 2 is 2.00 bits per heavy atom. The maximum absolute atomic E-state index is 12.5. The van der Waals surface area contributed by atoms with Crippen LogP contribution >= 0.6 is 0 Å². The van der Waals surface area contributed by atoms with E-state index in [0.717, 1.165) is 5.56 Å². The van der Waals surface area contributed by atoms with Crippen LogP contribution < -0.4 is 4.72 Å². The molecule has 10 heteroatoms. The molecule has 1 amide bonds. The third-order valence-electron chi connectivity index (χ3n) is 3.69. The highest BCUT2D eigenvalue weighted by Crippen LogP contribution is 2.22. The van der Waals surface area contributed by atoms with Crippen LogP contribution in [0.1, 0.15) is 23.9 Å². The minimum absolute atomic E-state index is 0.000958. The molecule has 0 saturated carbocycles. The standard InChI is InChI=1S/C16H20N4O5S/c1-5-25-16(21)18-26(4,24)14-8-6-13(7-9-14)10-19-12(3)15(20(22)23)11(2)17-19/h6-9H,4-5,10H2,1-3H3,(H,18,21,24). The molecule has 0 aliphatic carbocycles. The number of rotatable bonds is 6. The van der Waals surface area contributed by atoms with E-state index in [0.29, 0.717) is 22.8 Å². The summed E-state index contributed by atoms with van der Waals surface area (Å²) in [6.45, 7) is 5.35. The van der Waals surface area contributed by atoms with Crippen molar-refractivity contribution in [2.45, 2.75) is 32.2 Å². The van der Waals surface area contributed by atoms with Gasteiger partial charge in [-0.2, -0.15) is 5.10 Å². The Kier molecular flexibility index (Phi) is 5.66. The van der Waals surface area contributed by atoms with Crippen molar-refractivity contribution in [3.8, 4) is 0 Å². The topological polar surface area (TPSA) is 116 Å². The summed E-state index contributed by atoms with van der Waals surface area (Å²) in [5, 5.41) is 15.3. The van der Waals surface area contributed by atoms with Gasteiger partial charge >= 0.3 is 11.8 Å². The highest BCUT2D eigenvalue weighted by molar-refractivity contribution is 7.99. The molecule has 0 saturated heterocycles. The Morgan fingerprint density at radius 3 is 2.50 bits per heavy atom. The summed E-state index contributed by atoms with van der Waals surface area (Å²) in [6, 6.07) is 6.57. The van der Waals surface area contributed by atoms with Crippen LogP contribution in [0, 0.1) is 24.0 Å². The van der Waals surface area contributed by atoms with Gasteiger partial charge in [0.2, 0.25) is 0 Å². The van der Waals surface area contributed by atoms with Crippen LogP contribution in [-0.2, 0) is 21.0 Å². The molecule has 1 atom stereocenters. The minimum atomic E-state index is -3.03. The number of nitrogens with zero attached hydrogens (tertiary/aromatic N) is 3. The van der Waals surface area contributed by atoms with Gasteiger partial charge in [0.1, 0.15) is 11.4 Å². The molecule has 2 aromatic rings. The number of carbonyl (C=O) groups is 1. The highest BCUT2D eigenvalue weighted by Gasteiger charge is 2.21. The van der Waals surface area contributed by atoms with Crippen LogP contribution in [0.5, 0.6) is 0 Å². The van der Waals surface area contributed by atoms with Crippen molar-refractivity contribution in [1.29, 1.82) is 0 Å². The second kappa shape index (κ2) is 7.56. The first kappa shape index (κ1) is 19.4. The predicted molar refractivity (Wildman–Crippen MR) is 97.6 cm³/mol. The lowest BCUT2D eigenvalue weighted by atomic mass is 10.2. The smallest absolute Gasteiger partial charge is 0.418 e. The fourth-order valence-corrected chi connectivity index (χ4v) is 3.47. The van der Waals surface area contributed by atoms with E-state index in [9.17, 15) is 19.1 Å². The van der Waals surface area contributed by atoms with Gasteiger partial charge in [-0.05, 0) is 44.3 Å². The summed E-state index contributed by atoms with van der Waals surface area (Å²) in [4.78, 5) is 22.4. The molecule has 1 N–H and O–H groups in total. The van der Waals surface area contributed by atoms with Crippen LogP contribution in [-0.4, -0.2) is 37.5 Å². The first-order valence-corrected chi connectivity index (χ1v) is 9.47. The number of aryl methyl sites for hydroxylation is 1. The predicted octanol–water partition coefficient (Wildman–Crippen LogP) is 2.19. The lowest BCUT2D eigenvalue weighted by Crippen LogP contribution is -2.30. The molecule has 1 heterocycles. The average molecular weight is 380 g/mol. The first-order valence-electron chi connectivity index (χ1n) is 7.74. The summed E-state index contributed by atoms with van der Waals surface area (Å²) >= 11 is 0. The van der Waals surface area contributed by atoms with Crippen molar-refractivity contribution in [2.24, 2.45) is 0 Å². The van der Waals surface area contributed by atoms with Gasteiger partial charge in [-0.25, -0.2) is 13.7 Å². The zero-order valence-corrected chi connectivity index (χ0v) is 15.5. The van der Waals surface area contributed by atoms with Crippen LogP contribution in [0.3, 0.4) is 0 Å². The van der Waals surface area contributed by atoms with Crippen LogP contribution in [0.15, 0.2) is 29.2 Å². The van der Waals surface area contributed by atoms with E-state index >= 15 is 0 Å². The van der Waals surface area contributed by atoms with Crippen molar-refractivity contribution in [3.05, 3.63) is 51.3 Å². The van der Waals surface area contributed by atoms with Gasteiger partial charge in [-0.1, -0.05) is 12.1 Å². The van der Waals surface area contributed by atoms with Gasteiger partial charge in [0, 0.05) is 4.90 Å². The van der Waals surface area contributed by atoms with E-state index in [2.05, 4.69) is 15.7 Å². The summed E-state index contributed by atoms with van der Waals surface area (Å²) in [6.07, 6.45) is -0.800. The highest BCUT2D eigenvalue weighted by atomic mass is 32.2.